The van der Waals surface area contributed by atoms with E-state index in [1.165, 1.54) is 18.4 Å². The van der Waals surface area contributed by atoms with Crippen molar-refractivity contribution < 1.29 is 9.53 Å². The zero-order valence-corrected chi connectivity index (χ0v) is 10.6. The van der Waals surface area contributed by atoms with Crippen LogP contribution in [0.3, 0.4) is 0 Å². The lowest BCUT2D eigenvalue weighted by Crippen LogP contribution is -2.07. The Bertz CT molecular complexity index is 374. The number of hydrogen-bond acceptors (Lipinski definition) is 2. The summed E-state index contributed by atoms with van der Waals surface area (Å²) in [7, 11) is 0. The van der Waals surface area contributed by atoms with E-state index in [9.17, 15) is 4.79 Å². The Morgan fingerprint density at radius 3 is 2.47 bits per heavy atom. The summed E-state index contributed by atoms with van der Waals surface area (Å²) in [6.45, 7) is 3.91. The third-order valence-corrected chi connectivity index (χ3v) is 3.05. The lowest BCUT2D eigenvalue weighted by atomic mass is 10.0. The summed E-state index contributed by atoms with van der Waals surface area (Å²) in [6.07, 6.45) is 4.29. The van der Waals surface area contributed by atoms with Crippen molar-refractivity contribution in [1.29, 1.82) is 0 Å². The van der Waals surface area contributed by atoms with Crippen molar-refractivity contribution in [3.05, 3.63) is 29.8 Å². The number of benzene rings is 1. The first-order valence-corrected chi connectivity index (χ1v) is 6.43. The van der Waals surface area contributed by atoms with Gasteiger partial charge in [0.1, 0.15) is 11.5 Å². The van der Waals surface area contributed by atoms with Crippen molar-refractivity contribution in [1.82, 2.24) is 0 Å². The normalized spacial score (nSPS) is 15.0. The number of carbonyl (C=O) groups is 1. The van der Waals surface area contributed by atoms with Gasteiger partial charge in [0.2, 0.25) is 0 Å². The predicted octanol–water partition coefficient (Wildman–Crippen LogP) is 3.39. The number of ketones is 1. The molecule has 0 radical (unpaired) electrons. The van der Waals surface area contributed by atoms with Crippen molar-refractivity contribution in [3.8, 4) is 5.75 Å². The van der Waals surface area contributed by atoms with Gasteiger partial charge < -0.3 is 4.74 Å². The molecule has 0 bridgehead atoms. The van der Waals surface area contributed by atoms with E-state index in [1.807, 2.05) is 26.0 Å². The lowest BCUT2D eigenvalue weighted by molar-refractivity contribution is -0.121. The van der Waals surface area contributed by atoms with E-state index in [2.05, 4.69) is 12.1 Å². The molecule has 1 aromatic carbocycles. The van der Waals surface area contributed by atoms with Crippen LogP contribution in [0.25, 0.3) is 0 Å². The van der Waals surface area contributed by atoms with Crippen molar-refractivity contribution >= 4 is 5.78 Å². The third-order valence-electron chi connectivity index (χ3n) is 3.05. The molecule has 17 heavy (non-hydrogen) atoms. The zero-order valence-electron chi connectivity index (χ0n) is 10.6. The summed E-state index contributed by atoms with van der Waals surface area (Å²) in [5.74, 6) is 1.43. The first-order valence-electron chi connectivity index (χ1n) is 6.43. The minimum Gasteiger partial charge on any atom is -0.490 e. The number of hydrogen-bond donors (Lipinski definition) is 0. The monoisotopic (exact) mass is 232 g/mol. The average molecular weight is 232 g/mol. The molecule has 2 rings (SSSR count). The van der Waals surface area contributed by atoms with Gasteiger partial charge in [0.25, 0.3) is 0 Å². The molecule has 0 atom stereocenters. The Kier molecular flexibility index (Phi) is 3.82. The highest BCUT2D eigenvalue weighted by atomic mass is 16.5. The highest BCUT2D eigenvalue weighted by Gasteiger charge is 2.23. The largest absolute Gasteiger partial charge is 0.490 e. The molecule has 0 amide bonds. The summed E-state index contributed by atoms with van der Waals surface area (Å²) >= 11 is 0. The van der Waals surface area contributed by atoms with E-state index in [4.69, 9.17) is 4.74 Å². The second-order valence-electron chi connectivity index (χ2n) is 5.08. The molecule has 1 aromatic rings. The topological polar surface area (TPSA) is 26.3 Å². The number of carbonyl (C=O) groups excluding carboxylic acids is 1. The molecule has 1 aliphatic rings. The second kappa shape index (κ2) is 5.35. The summed E-state index contributed by atoms with van der Waals surface area (Å²) in [5.41, 5.74) is 1.21. The Hall–Kier alpha value is -1.31. The number of rotatable bonds is 6. The molecule has 0 saturated heterocycles. The maximum absolute atomic E-state index is 11.5. The van der Waals surface area contributed by atoms with Crippen LogP contribution in [-0.4, -0.2) is 11.9 Å². The summed E-state index contributed by atoms with van der Waals surface area (Å²) in [6, 6.07) is 8.14. The van der Waals surface area contributed by atoms with Gasteiger partial charge in [-0.3, -0.25) is 4.79 Å². The molecule has 0 spiro atoms. The van der Waals surface area contributed by atoms with Crippen molar-refractivity contribution in [2.24, 2.45) is 5.92 Å². The quantitative estimate of drug-likeness (QED) is 0.751. The van der Waals surface area contributed by atoms with E-state index in [0.29, 0.717) is 18.3 Å². The van der Waals surface area contributed by atoms with Crippen molar-refractivity contribution in [2.75, 3.05) is 0 Å². The van der Waals surface area contributed by atoms with Gasteiger partial charge in [-0.05, 0) is 37.0 Å². The van der Waals surface area contributed by atoms with Crippen LogP contribution in [0, 0.1) is 5.92 Å². The zero-order chi connectivity index (χ0) is 12.3. The Morgan fingerprint density at radius 1 is 1.29 bits per heavy atom. The fraction of sp³-hybridized carbons (Fsp3) is 0.533. The van der Waals surface area contributed by atoms with Crippen LogP contribution in [0.2, 0.25) is 0 Å². The van der Waals surface area contributed by atoms with Crippen molar-refractivity contribution in [2.45, 2.75) is 45.6 Å². The molecule has 1 saturated carbocycles. The summed E-state index contributed by atoms with van der Waals surface area (Å²) < 4.78 is 5.68. The molecule has 2 nitrogen and oxygen atoms in total. The van der Waals surface area contributed by atoms with Gasteiger partial charge in [-0.1, -0.05) is 26.0 Å². The maximum atomic E-state index is 11.5. The van der Waals surface area contributed by atoms with Crippen molar-refractivity contribution in [3.63, 3.8) is 0 Å². The number of Topliss-reactive ketones (excluding diaryl/α,β-unsaturated/α-hetero) is 1. The van der Waals surface area contributed by atoms with E-state index in [0.717, 1.165) is 12.2 Å². The summed E-state index contributed by atoms with van der Waals surface area (Å²) in [5, 5.41) is 0. The predicted molar refractivity (Wildman–Crippen MR) is 68.3 cm³/mol. The van der Waals surface area contributed by atoms with Crippen LogP contribution in [0.5, 0.6) is 5.75 Å². The van der Waals surface area contributed by atoms with Crippen LogP contribution >= 0.6 is 0 Å². The molecule has 0 unspecified atom stereocenters. The molecule has 92 valence electrons. The van der Waals surface area contributed by atoms with Gasteiger partial charge in [-0.2, -0.15) is 0 Å². The average Bonchev–Trinajstić information content (AvgIpc) is 3.11. The maximum Gasteiger partial charge on any atom is 0.135 e. The minimum absolute atomic E-state index is 0.146. The van der Waals surface area contributed by atoms with Crippen LogP contribution < -0.4 is 4.74 Å². The molecule has 0 heterocycles. The van der Waals surface area contributed by atoms with Gasteiger partial charge in [-0.25, -0.2) is 0 Å². The van der Waals surface area contributed by atoms with E-state index in [1.54, 1.807) is 0 Å². The molecule has 0 aromatic heterocycles. The van der Waals surface area contributed by atoms with E-state index < -0.39 is 0 Å². The first-order chi connectivity index (χ1) is 8.15. The highest BCUT2D eigenvalue weighted by Crippen LogP contribution is 2.26. The van der Waals surface area contributed by atoms with Gasteiger partial charge in [0.05, 0.1) is 6.10 Å². The Labute approximate surface area is 103 Å². The smallest absolute Gasteiger partial charge is 0.135 e. The Balaban J connectivity index is 1.82. The highest BCUT2D eigenvalue weighted by molar-refractivity contribution is 5.80. The molecular formula is C15H20O2. The standard InChI is InChI=1S/C15H20O2/c1-11(2)15(16)10-5-12-3-6-13(7-4-12)17-14-8-9-14/h3-4,6-7,11,14H,5,8-10H2,1-2H3. The van der Waals surface area contributed by atoms with Crippen LogP contribution in [-0.2, 0) is 11.2 Å². The number of aryl methyl sites for hydroxylation is 1. The molecular weight excluding hydrogens is 212 g/mol. The molecule has 0 N–H and O–H groups in total. The Morgan fingerprint density at radius 2 is 1.94 bits per heavy atom. The first kappa shape index (κ1) is 12.2. The van der Waals surface area contributed by atoms with Gasteiger partial charge >= 0.3 is 0 Å². The van der Waals surface area contributed by atoms with Gasteiger partial charge in [0, 0.05) is 12.3 Å². The van der Waals surface area contributed by atoms with E-state index in [-0.39, 0.29) is 5.92 Å². The molecule has 1 aliphatic carbocycles. The minimum atomic E-state index is 0.146. The molecule has 0 aliphatic heterocycles. The van der Waals surface area contributed by atoms with Crippen LogP contribution in [0.15, 0.2) is 24.3 Å². The van der Waals surface area contributed by atoms with Gasteiger partial charge in [0.15, 0.2) is 0 Å². The second-order valence-corrected chi connectivity index (χ2v) is 5.08. The van der Waals surface area contributed by atoms with E-state index >= 15 is 0 Å². The van der Waals surface area contributed by atoms with Crippen LogP contribution in [0.4, 0.5) is 0 Å². The molecule has 1 fully saturated rings. The summed E-state index contributed by atoms with van der Waals surface area (Å²) in [4.78, 5) is 11.5. The number of ether oxygens (including phenoxy) is 1. The van der Waals surface area contributed by atoms with Gasteiger partial charge in [-0.15, -0.1) is 0 Å². The third kappa shape index (κ3) is 3.88. The molecule has 2 heteroatoms. The lowest BCUT2D eigenvalue weighted by Gasteiger charge is -2.06. The fourth-order valence-electron chi connectivity index (χ4n) is 1.67. The SMILES string of the molecule is CC(C)C(=O)CCc1ccc(OC2CC2)cc1. The fourth-order valence-corrected chi connectivity index (χ4v) is 1.67. The van der Waals surface area contributed by atoms with Crippen LogP contribution in [0.1, 0.15) is 38.7 Å².